The van der Waals surface area contributed by atoms with E-state index in [2.05, 4.69) is 35.4 Å². The van der Waals surface area contributed by atoms with Gasteiger partial charge in [0, 0.05) is 19.2 Å². The molecule has 0 bridgehead atoms. The van der Waals surface area contributed by atoms with Crippen molar-refractivity contribution in [1.29, 1.82) is 0 Å². The smallest absolute Gasteiger partial charge is 0.248 e. The summed E-state index contributed by atoms with van der Waals surface area (Å²) < 4.78 is 0. The molecule has 0 unspecified atom stereocenters. The van der Waals surface area contributed by atoms with Gasteiger partial charge in [0.1, 0.15) is 5.54 Å². The van der Waals surface area contributed by atoms with Crippen molar-refractivity contribution in [1.82, 2.24) is 20.2 Å². The van der Waals surface area contributed by atoms with Crippen LogP contribution in [0.4, 0.5) is 0 Å². The zero-order valence-electron chi connectivity index (χ0n) is 20.1. The van der Waals surface area contributed by atoms with Gasteiger partial charge >= 0.3 is 0 Å². The van der Waals surface area contributed by atoms with Gasteiger partial charge in [0.05, 0.1) is 30.0 Å². The number of hydrogen-bond acceptors (Lipinski definition) is 4. The van der Waals surface area contributed by atoms with E-state index in [-0.39, 0.29) is 24.3 Å². The van der Waals surface area contributed by atoms with Crippen molar-refractivity contribution >= 4 is 11.8 Å². The fourth-order valence-electron chi connectivity index (χ4n) is 4.60. The molecule has 1 atom stereocenters. The third-order valence-electron chi connectivity index (χ3n) is 6.22. The lowest BCUT2D eigenvalue weighted by Gasteiger charge is -2.33. The lowest BCUT2D eigenvalue weighted by Crippen LogP contribution is -2.56. The van der Waals surface area contributed by atoms with E-state index in [9.17, 15) is 9.59 Å². The van der Waals surface area contributed by atoms with Gasteiger partial charge in [0.2, 0.25) is 11.8 Å². The Bertz CT molecular complexity index is 1160. The molecule has 0 aliphatic carbocycles. The number of carbonyl (C=O) groups excluding carboxylic acids is 2. The first-order valence-electron chi connectivity index (χ1n) is 11.8. The fraction of sp³-hybridized carbons (Fsp3) is 0.357. The van der Waals surface area contributed by atoms with Crippen LogP contribution in [-0.4, -0.2) is 38.8 Å². The second kappa shape index (κ2) is 10.2. The van der Waals surface area contributed by atoms with Gasteiger partial charge in [-0.15, -0.1) is 0 Å². The highest BCUT2D eigenvalue weighted by molar-refractivity contribution is 5.91. The predicted octanol–water partition coefficient (Wildman–Crippen LogP) is 4.18. The summed E-state index contributed by atoms with van der Waals surface area (Å²) in [5.41, 5.74) is 4.00. The van der Waals surface area contributed by atoms with E-state index in [1.807, 2.05) is 41.3 Å². The van der Waals surface area contributed by atoms with Crippen LogP contribution in [0.1, 0.15) is 60.8 Å². The van der Waals surface area contributed by atoms with Crippen LogP contribution in [0.3, 0.4) is 0 Å². The molecule has 4 rings (SSSR count). The summed E-state index contributed by atoms with van der Waals surface area (Å²) >= 11 is 0. The molecule has 0 saturated carbocycles. The number of likely N-dealkylation sites (tertiary alicyclic amines) is 1. The standard InChI is InChI=1S/C28H32N4O2/c1-20-9-7-12-22(15-20)16-23-18-29-19-24(30-23)25-13-8-14-32(25)27(34)28(2,3)31-26(33)17-21-10-5-4-6-11-21/h4-7,9-12,15,18-19,25H,8,13-14,16-17H2,1-3H3,(H,31,33)/t25-/m1/s1. The Morgan fingerprint density at radius 3 is 2.59 bits per heavy atom. The second-order valence-electron chi connectivity index (χ2n) is 9.59. The maximum Gasteiger partial charge on any atom is 0.248 e. The third kappa shape index (κ3) is 5.68. The summed E-state index contributed by atoms with van der Waals surface area (Å²) in [5, 5.41) is 2.94. The van der Waals surface area contributed by atoms with Crippen LogP contribution in [0.5, 0.6) is 0 Å². The van der Waals surface area contributed by atoms with Crippen LogP contribution in [0.2, 0.25) is 0 Å². The van der Waals surface area contributed by atoms with Crippen molar-refractivity contribution < 1.29 is 9.59 Å². The zero-order chi connectivity index (χ0) is 24.1. The predicted molar refractivity (Wildman–Crippen MR) is 132 cm³/mol. The molecule has 1 saturated heterocycles. The Labute approximate surface area is 201 Å². The van der Waals surface area contributed by atoms with Crippen molar-refractivity contribution in [2.24, 2.45) is 0 Å². The Balaban J connectivity index is 1.46. The first-order valence-corrected chi connectivity index (χ1v) is 11.8. The molecule has 0 radical (unpaired) electrons. The number of nitrogens with one attached hydrogen (secondary N) is 1. The number of amides is 2. The minimum absolute atomic E-state index is 0.0951. The Morgan fingerprint density at radius 1 is 1.06 bits per heavy atom. The monoisotopic (exact) mass is 456 g/mol. The van der Waals surface area contributed by atoms with Gasteiger partial charge < -0.3 is 10.2 Å². The molecule has 2 amide bonds. The number of aryl methyl sites for hydroxylation is 1. The molecule has 2 heterocycles. The highest BCUT2D eigenvalue weighted by Crippen LogP contribution is 2.32. The molecule has 2 aromatic carbocycles. The molecule has 1 fully saturated rings. The number of aromatic nitrogens is 2. The molecule has 176 valence electrons. The number of rotatable bonds is 7. The lowest BCUT2D eigenvalue weighted by molar-refractivity contribution is -0.141. The third-order valence-corrected chi connectivity index (χ3v) is 6.22. The summed E-state index contributed by atoms with van der Waals surface area (Å²) in [4.78, 5) is 37.3. The van der Waals surface area contributed by atoms with Crippen molar-refractivity contribution in [3.05, 3.63) is 95.1 Å². The van der Waals surface area contributed by atoms with Crippen LogP contribution in [0.25, 0.3) is 0 Å². The fourth-order valence-corrected chi connectivity index (χ4v) is 4.60. The number of nitrogens with zero attached hydrogens (tertiary/aromatic N) is 3. The quantitative estimate of drug-likeness (QED) is 0.579. The number of carbonyl (C=O) groups is 2. The minimum atomic E-state index is -1.01. The van der Waals surface area contributed by atoms with Crippen LogP contribution in [-0.2, 0) is 22.4 Å². The summed E-state index contributed by atoms with van der Waals surface area (Å²) in [5.74, 6) is -0.262. The van der Waals surface area contributed by atoms with Gasteiger partial charge in [-0.05, 0) is 44.7 Å². The molecule has 6 heteroatoms. The topological polar surface area (TPSA) is 75.2 Å². The van der Waals surface area contributed by atoms with E-state index in [0.29, 0.717) is 13.0 Å². The van der Waals surface area contributed by atoms with Gasteiger partial charge in [0.25, 0.3) is 0 Å². The Kier molecular flexibility index (Phi) is 7.06. The van der Waals surface area contributed by atoms with E-state index in [4.69, 9.17) is 4.98 Å². The highest BCUT2D eigenvalue weighted by Gasteiger charge is 2.39. The molecule has 1 aliphatic rings. The van der Waals surface area contributed by atoms with Gasteiger partial charge in [-0.2, -0.15) is 0 Å². The first kappa shape index (κ1) is 23.6. The highest BCUT2D eigenvalue weighted by atomic mass is 16.2. The molecule has 0 spiro atoms. The van der Waals surface area contributed by atoms with Crippen molar-refractivity contribution in [3.63, 3.8) is 0 Å². The summed E-state index contributed by atoms with van der Waals surface area (Å²) in [7, 11) is 0. The number of hydrogen-bond donors (Lipinski definition) is 1. The largest absolute Gasteiger partial charge is 0.342 e. The van der Waals surface area contributed by atoms with Gasteiger partial charge in [-0.1, -0.05) is 60.2 Å². The molecule has 34 heavy (non-hydrogen) atoms. The SMILES string of the molecule is Cc1cccc(Cc2cncc([C@H]3CCCN3C(=O)C(C)(C)NC(=O)Cc3ccccc3)n2)c1. The van der Waals surface area contributed by atoms with E-state index < -0.39 is 5.54 Å². The molecule has 1 N–H and O–H groups in total. The second-order valence-corrected chi connectivity index (χ2v) is 9.59. The van der Waals surface area contributed by atoms with Crippen LogP contribution in [0.15, 0.2) is 67.0 Å². The van der Waals surface area contributed by atoms with Crippen molar-refractivity contribution in [2.45, 2.75) is 58.0 Å². The van der Waals surface area contributed by atoms with Gasteiger partial charge in [-0.25, -0.2) is 0 Å². The molecule has 6 nitrogen and oxygen atoms in total. The molecular weight excluding hydrogens is 424 g/mol. The van der Waals surface area contributed by atoms with Gasteiger partial charge in [0.15, 0.2) is 0 Å². The van der Waals surface area contributed by atoms with E-state index in [1.165, 1.54) is 11.1 Å². The van der Waals surface area contributed by atoms with E-state index in [0.717, 1.165) is 29.8 Å². The van der Waals surface area contributed by atoms with Crippen molar-refractivity contribution in [2.75, 3.05) is 6.54 Å². The van der Waals surface area contributed by atoms with E-state index in [1.54, 1.807) is 26.2 Å². The molecule has 3 aromatic rings. The zero-order valence-corrected chi connectivity index (χ0v) is 20.1. The average Bonchev–Trinajstić information content (AvgIpc) is 3.29. The maximum atomic E-state index is 13.5. The summed E-state index contributed by atoms with van der Waals surface area (Å²) in [6, 6.07) is 17.8. The van der Waals surface area contributed by atoms with Crippen LogP contribution in [0, 0.1) is 6.92 Å². The van der Waals surface area contributed by atoms with Crippen LogP contribution < -0.4 is 5.32 Å². The number of benzene rings is 2. The lowest BCUT2D eigenvalue weighted by atomic mass is 10.0. The Morgan fingerprint density at radius 2 is 1.82 bits per heavy atom. The molecular formula is C28H32N4O2. The average molecular weight is 457 g/mol. The Hall–Kier alpha value is -3.54. The minimum Gasteiger partial charge on any atom is -0.342 e. The summed E-state index contributed by atoms with van der Waals surface area (Å²) in [6.07, 6.45) is 6.23. The molecule has 1 aliphatic heterocycles. The molecule has 1 aromatic heterocycles. The van der Waals surface area contributed by atoms with Crippen LogP contribution >= 0.6 is 0 Å². The first-order chi connectivity index (χ1) is 16.3. The summed E-state index contributed by atoms with van der Waals surface area (Å²) in [6.45, 7) is 6.26. The maximum absolute atomic E-state index is 13.5. The van der Waals surface area contributed by atoms with Gasteiger partial charge in [-0.3, -0.25) is 19.6 Å². The van der Waals surface area contributed by atoms with Crippen molar-refractivity contribution in [3.8, 4) is 0 Å². The van der Waals surface area contributed by atoms with E-state index >= 15 is 0 Å². The normalized spacial score (nSPS) is 15.9.